The molecule has 1 aromatic heterocycles. The van der Waals surface area contributed by atoms with Gasteiger partial charge in [0.25, 0.3) is 0 Å². The summed E-state index contributed by atoms with van der Waals surface area (Å²) in [5, 5.41) is 3.53. The Kier molecular flexibility index (Phi) is 6.13. The van der Waals surface area contributed by atoms with Crippen LogP contribution in [0.2, 0.25) is 0 Å². The Balaban J connectivity index is 2.69. The maximum absolute atomic E-state index is 5.62. The van der Waals surface area contributed by atoms with Crippen molar-refractivity contribution in [2.24, 2.45) is 0 Å². The maximum Gasteiger partial charge on any atom is 0.137 e. The molecular weight excluding hydrogens is 224 g/mol. The lowest BCUT2D eigenvalue weighted by atomic mass is 9.95. The van der Waals surface area contributed by atoms with Gasteiger partial charge in [0.2, 0.25) is 0 Å². The minimum Gasteiger partial charge on any atom is -0.492 e. The third-order valence-electron chi connectivity index (χ3n) is 3.08. The molecule has 3 heteroatoms. The third kappa shape index (κ3) is 4.65. The molecule has 0 radical (unpaired) electrons. The number of rotatable bonds is 7. The lowest BCUT2D eigenvalue weighted by molar-refractivity contribution is 0.315. The quantitative estimate of drug-likeness (QED) is 0.805. The van der Waals surface area contributed by atoms with Crippen LogP contribution in [0.3, 0.4) is 0 Å². The summed E-state index contributed by atoms with van der Waals surface area (Å²) in [4.78, 5) is 4.27. The second-order valence-electron chi connectivity index (χ2n) is 5.20. The summed E-state index contributed by atoms with van der Waals surface area (Å²) < 4.78 is 5.62. The number of hydrogen-bond acceptors (Lipinski definition) is 3. The Bertz CT molecular complexity index is 352. The molecule has 3 nitrogen and oxygen atoms in total. The minimum atomic E-state index is 0.421. The zero-order valence-electron chi connectivity index (χ0n) is 12.2. The summed E-state index contributed by atoms with van der Waals surface area (Å²) in [6, 6.07) is 3.02. The second-order valence-corrected chi connectivity index (χ2v) is 5.20. The molecule has 0 aliphatic carbocycles. The Morgan fingerprint density at radius 1 is 1.22 bits per heavy atom. The molecule has 1 aromatic rings. The van der Waals surface area contributed by atoms with Crippen molar-refractivity contribution in [3.8, 4) is 5.75 Å². The summed E-state index contributed by atoms with van der Waals surface area (Å²) in [5.74, 6) is 1.29. The first-order valence-electron chi connectivity index (χ1n) is 6.88. The van der Waals surface area contributed by atoms with Gasteiger partial charge in [0.15, 0.2) is 0 Å². The average Bonchev–Trinajstić information content (AvgIpc) is 2.35. The number of pyridine rings is 1. The van der Waals surface area contributed by atoms with E-state index in [1.54, 1.807) is 6.20 Å². The van der Waals surface area contributed by atoms with Gasteiger partial charge < -0.3 is 10.1 Å². The van der Waals surface area contributed by atoms with Gasteiger partial charge in [0.1, 0.15) is 5.75 Å². The fraction of sp³-hybridized carbons (Fsp3) is 0.667. The molecule has 0 fully saturated rings. The second kappa shape index (κ2) is 7.37. The maximum atomic E-state index is 5.62. The van der Waals surface area contributed by atoms with E-state index in [1.807, 2.05) is 6.20 Å². The van der Waals surface area contributed by atoms with Crippen LogP contribution in [0.25, 0.3) is 0 Å². The third-order valence-corrected chi connectivity index (χ3v) is 3.08. The molecule has 0 aliphatic heterocycles. The van der Waals surface area contributed by atoms with Crippen molar-refractivity contribution >= 4 is 0 Å². The van der Waals surface area contributed by atoms with Crippen LogP contribution in [0.4, 0.5) is 0 Å². The summed E-state index contributed by atoms with van der Waals surface area (Å²) >= 11 is 0. The topological polar surface area (TPSA) is 34.1 Å². The first-order valence-corrected chi connectivity index (χ1v) is 6.88. The Labute approximate surface area is 111 Å². The van der Waals surface area contributed by atoms with Crippen molar-refractivity contribution in [2.75, 3.05) is 6.61 Å². The molecule has 2 atom stereocenters. The number of ether oxygens (including phenoxy) is 1. The zero-order valence-corrected chi connectivity index (χ0v) is 12.2. The van der Waals surface area contributed by atoms with Crippen LogP contribution < -0.4 is 10.1 Å². The molecule has 0 amide bonds. The summed E-state index contributed by atoms with van der Waals surface area (Å²) in [7, 11) is 0. The van der Waals surface area contributed by atoms with Gasteiger partial charge in [-0.1, -0.05) is 27.7 Å². The number of hydrogen-bond donors (Lipinski definition) is 1. The largest absolute Gasteiger partial charge is 0.492 e. The lowest BCUT2D eigenvalue weighted by Gasteiger charge is -2.24. The molecule has 0 spiro atoms. The van der Waals surface area contributed by atoms with Crippen LogP contribution in [0.1, 0.15) is 52.5 Å². The van der Waals surface area contributed by atoms with Gasteiger partial charge in [-0.3, -0.25) is 4.98 Å². The van der Waals surface area contributed by atoms with E-state index in [2.05, 4.69) is 51.0 Å². The van der Waals surface area contributed by atoms with E-state index < -0.39 is 0 Å². The van der Waals surface area contributed by atoms with Crippen molar-refractivity contribution in [1.29, 1.82) is 0 Å². The molecule has 0 aromatic carbocycles. The molecular formula is C15H26N2O. The highest BCUT2D eigenvalue weighted by Gasteiger charge is 2.15. The van der Waals surface area contributed by atoms with Crippen LogP contribution >= 0.6 is 0 Å². The fourth-order valence-electron chi connectivity index (χ4n) is 1.94. The Hall–Kier alpha value is -1.09. The number of nitrogens with zero attached hydrogens (tertiary/aromatic N) is 1. The molecule has 2 unspecified atom stereocenters. The summed E-state index contributed by atoms with van der Waals surface area (Å²) in [5.41, 5.74) is 1.23. The highest BCUT2D eigenvalue weighted by Crippen LogP contribution is 2.22. The predicted molar refractivity (Wildman–Crippen MR) is 76.2 cm³/mol. The zero-order chi connectivity index (χ0) is 13.5. The van der Waals surface area contributed by atoms with E-state index in [4.69, 9.17) is 4.74 Å². The van der Waals surface area contributed by atoms with Gasteiger partial charge in [0.05, 0.1) is 12.8 Å². The Morgan fingerprint density at radius 2 is 1.94 bits per heavy atom. The SMILES string of the molecule is CCCOc1cncc(C(C)C(C)NC(C)C)c1. The first kappa shape index (κ1) is 15.0. The van der Waals surface area contributed by atoms with Gasteiger partial charge in [0, 0.05) is 18.3 Å². The van der Waals surface area contributed by atoms with Crippen LogP contribution in [0, 0.1) is 0 Å². The van der Waals surface area contributed by atoms with E-state index in [0.717, 1.165) is 18.8 Å². The molecule has 102 valence electrons. The van der Waals surface area contributed by atoms with Crippen molar-refractivity contribution in [2.45, 2.75) is 59.0 Å². The molecule has 0 bridgehead atoms. The van der Waals surface area contributed by atoms with E-state index in [9.17, 15) is 0 Å². The van der Waals surface area contributed by atoms with Crippen molar-refractivity contribution < 1.29 is 4.74 Å². The van der Waals surface area contributed by atoms with Gasteiger partial charge in [-0.2, -0.15) is 0 Å². The van der Waals surface area contributed by atoms with Crippen LogP contribution in [0.5, 0.6) is 5.75 Å². The highest BCUT2D eigenvalue weighted by atomic mass is 16.5. The summed E-state index contributed by atoms with van der Waals surface area (Å²) in [6.07, 6.45) is 4.74. The van der Waals surface area contributed by atoms with E-state index >= 15 is 0 Å². The van der Waals surface area contributed by atoms with E-state index in [0.29, 0.717) is 18.0 Å². The molecule has 0 saturated heterocycles. The summed E-state index contributed by atoms with van der Waals surface area (Å²) in [6.45, 7) is 11.6. The van der Waals surface area contributed by atoms with Crippen LogP contribution in [-0.4, -0.2) is 23.7 Å². The van der Waals surface area contributed by atoms with Crippen molar-refractivity contribution in [3.63, 3.8) is 0 Å². The van der Waals surface area contributed by atoms with Crippen molar-refractivity contribution in [1.82, 2.24) is 10.3 Å². The van der Waals surface area contributed by atoms with Gasteiger partial charge in [-0.05, 0) is 30.9 Å². The van der Waals surface area contributed by atoms with Gasteiger partial charge in [-0.25, -0.2) is 0 Å². The average molecular weight is 250 g/mol. The standard InChI is InChI=1S/C15H26N2O/c1-6-7-18-15-8-14(9-16-10-15)12(4)13(5)17-11(2)3/h8-13,17H,6-7H2,1-5H3. The molecule has 0 saturated carbocycles. The minimum absolute atomic E-state index is 0.421. The monoisotopic (exact) mass is 250 g/mol. The van der Waals surface area contributed by atoms with Crippen LogP contribution in [0.15, 0.2) is 18.5 Å². The number of aromatic nitrogens is 1. The van der Waals surface area contributed by atoms with Crippen molar-refractivity contribution in [3.05, 3.63) is 24.0 Å². The normalized spacial score (nSPS) is 14.6. The lowest BCUT2D eigenvalue weighted by Crippen LogP contribution is -2.36. The van der Waals surface area contributed by atoms with E-state index in [-0.39, 0.29) is 0 Å². The smallest absolute Gasteiger partial charge is 0.137 e. The molecule has 1 rings (SSSR count). The van der Waals surface area contributed by atoms with Crippen LogP contribution in [-0.2, 0) is 0 Å². The van der Waals surface area contributed by atoms with E-state index in [1.165, 1.54) is 5.56 Å². The van der Waals surface area contributed by atoms with Gasteiger partial charge >= 0.3 is 0 Å². The highest BCUT2D eigenvalue weighted by molar-refractivity contribution is 5.26. The molecule has 1 heterocycles. The molecule has 0 aliphatic rings. The molecule has 1 N–H and O–H groups in total. The molecule has 18 heavy (non-hydrogen) atoms. The van der Waals surface area contributed by atoms with Gasteiger partial charge in [-0.15, -0.1) is 0 Å². The first-order chi connectivity index (χ1) is 8.54. The number of nitrogens with one attached hydrogen (secondary N) is 1. The Morgan fingerprint density at radius 3 is 2.56 bits per heavy atom. The fourth-order valence-corrected chi connectivity index (χ4v) is 1.94. The predicted octanol–water partition coefficient (Wildman–Crippen LogP) is 3.36.